The topological polar surface area (TPSA) is 89.0 Å². The molecule has 0 aliphatic carbocycles. The fourth-order valence-corrected chi connectivity index (χ4v) is 3.39. The lowest BCUT2D eigenvalue weighted by atomic mass is 10.1. The third kappa shape index (κ3) is 6.05. The quantitative estimate of drug-likeness (QED) is 0.383. The van der Waals surface area contributed by atoms with E-state index in [1.165, 1.54) is 31.0 Å². The van der Waals surface area contributed by atoms with Crippen molar-refractivity contribution in [1.29, 1.82) is 0 Å². The summed E-state index contributed by atoms with van der Waals surface area (Å²) in [5.41, 5.74) is 5.52. The highest BCUT2D eigenvalue weighted by atomic mass is 32.1. The Balaban J connectivity index is 1.93. The molecule has 0 bridgehead atoms. The lowest BCUT2D eigenvalue weighted by Gasteiger charge is -2.36. The van der Waals surface area contributed by atoms with Crippen molar-refractivity contribution in [1.82, 2.24) is 8.75 Å². The van der Waals surface area contributed by atoms with E-state index in [9.17, 15) is 4.79 Å². The Bertz CT molecular complexity index is 590. The second kappa shape index (κ2) is 9.84. The van der Waals surface area contributed by atoms with Gasteiger partial charge in [-0.3, -0.25) is 4.48 Å². The van der Waals surface area contributed by atoms with Gasteiger partial charge in [-0.1, -0.05) is 32.3 Å². The molecule has 0 radical (unpaired) electrons. The summed E-state index contributed by atoms with van der Waals surface area (Å²) in [5.74, 6) is 0.373. The molecule has 140 valence electrons. The van der Waals surface area contributed by atoms with Crippen molar-refractivity contribution < 1.29 is 24.5 Å². The van der Waals surface area contributed by atoms with Gasteiger partial charge in [0.2, 0.25) is 6.73 Å². The zero-order valence-electron chi connectivity index (χ0n) is 15.3. The Hall–Kier alpha value is -1.51. The summed E-state index contributed by atoms with van der Waals surface area (Å²) in [7, 11) is 2.09. The smallest absolute Gasteiger partial charge is 0.365 e. The molecule has 8 heteroatoms. The van der Waals surface area contributed by atoms with Gasteiger partial charge in [0.05, 0.1) is 31.9 Å². The van der Waals surface area contributed by atoms with Gasteiger partial charge in [-0.25, -0.2) is 4.79 Å². The van der Waals surface area contributed by atoms with Crippen LogP contribution in [0.15, 0.2) is 6.08 Å². The normalized spacial score (nSPS) is 20.2. The average Bonchev–Trinajstić information content (AvgIpc) is 3.08. The molecule has 1 unspecified atom stereocenters. The van der Waals surface area contributed by atoms with E-state index in [4.69, 9.17) is 9.47 Å². The Labute approximate surface area is 153 Å². The molecule has 25 heavy (non-hydrogen) atoms. The highest BCUT2D eigenvalue weighted by Crippen LogP contribution is 2.29. The summed E-state index contributed by atoms with van der Waals surface area (Å²) >= 11 is 1.18. The molecule has 0 fully saturated rings. The number of hydrogen-bond donors (Lipinski definition) is 1. The molecule has 1 atom stereocenters. The van der Waals surface area contributed by atoms with Gasteiger partial charge in [-0.2, -0.15) is 4.37 Å². The van der Waals surface area contributed by atoms with E-state index in [1.807, 2.05) is 0 Å². The van der Waals surface area contributed by atoms with Crippen LogP contribution in [0.4, 0.5) is 0 Å². The summed E-state index contributed by atoms with van der Waals surface area (Å²) in [5, 5.41) is 0. The first-order chi connectivity index (χ1) is 12.1. The summed E-state index contributed by atoms with van der Waals surface area (Å²) < 4.78 is 20.6. The Morgan fingerprint density at radius 2 is 2.20 bits per heavy atom. The average molecular weight is 371 g/mol. The molecule has 2 heterocycles. The van der Waals surface area contributed by atoms with E-state index < -0.39 is 0 Å². The van der Waals surface area contributed by atoms with E-state index in [0.29, 0.717) is 23.7 Å². The zero-order chi connectivity index (χ0) is 18.1. The number of esters is 1. The van der Waals surface area contributed by atoms with Crippen molar-refractivity contribution in [2.24, 2.45) is 0 Å². The van der Waals surface area contributed by atoms with Crippen LogP contribution in [0.2, 0.25) is 0 Å². The van der Waals surface area contributed by atoms with Crippen molar-refractivity contribution >= 4 is 23.3 Å². The first-order valence-electron chi connectivity index (χ1n) is 9.01. The Morgan fingerprint density at radius 3 is 2.96 bits per heavy atom. The van der Waals surface area contributed by atoms with E-state index in [2.05, 4.69) is 34.5 Å². The SMILES string of the molecule is CCCCCCOc1nsnc1C1=CCC[N+](C)(COC(=O)C[NH3+])C1. The van der Waals surface area contributed by atoms with Crippen LogP contribution in [-0.4, -0.2) is 59.2 Å². The highest BCUT2D eigenvalue weighted by molar-refractivity contribution is 6.99. The summed E-state index contributed by atoms with van der Waals surface area (Å²) in [6.45, 7) is 5.08. The molecule has 1 aromatic rings. The minimum absolute atomic E-state index is 0.161. The fraction of sp³-hybridized carbons (Fsp3) is 0.706. The maximum Gasteiger partial charge on any atom is 0.365 e. The second-order valence-corrected chi connectivity index (χ2v) is 7.27. The molecule has 1 aliphatic heterocycles. The number of rotatable bonds is 10. The van der Waals surface area contributed by atoms with Crippen molar-refractivity contribution in [2.45, 2.75) is 39.0 Å². The predicted molar refractivity (Wildman–Crippen MR) is 96.8 cm³/mol. The van der Waals surface area contributed by atoms with Crippen LogP contribution in [0, 0.1) is 0 Å². The summed E-state index contributed by atoms with van der Waals surface area (Å²) in [4.78, 5) is 11.4. The molecular weight excluding hydrogens is 340 g/mol. The highest BCUT2D eigenvalue weighted by Gasteiger charge is 2.31. The lowest BCUT2D eigenvalue weighted by molar-refractivity contribution is -0.919. The standard InChI is InChI=1S/C17H29N4O3S/c1-3-4-5-6-10-23-17-16(19-25-20-17)14-8-7-9-21(2,12-14)13-24-15(22)11-18/h8H,3-7,9-13,18H2,1-2H3/q+1/p+1. The van der Waals surface area contributed by atoms with Gasteiger partial charge in [0.25, 0.3) is 5.88 Å². The number of carbonyl (C=O) groups is 1. The van der Waals surface area contributed by atoms with Crippen molar-refractivity contribution in [3.63, 3.8) is 0 Å². The van der Waals surface area contributed by atoms with Crippen LogP contribution in [0.25, 0.3) is 5.57 Å². The van der Waals surface area contributed by atoms with Crippen LogP contribution >= 0.6 is 11.7 Å². The van der Waals surface area contributed by atoms with Crippen molar-refractivity contribution in [3.8, 4) is 5.88 Å². The number of carbonyl (C=O) groups excluding carboxylic acids is 1. The maximum absolute atomic E-state index is 11.4. The molecule has 0 amide bonds. The first kappa shape index (κ1) is 19.8. The van der Waals surface area contributed by atoms with E-state index in [0.717, 1.165) is 37.2 Å². The van der Waals surface area contributed by atoms with Crippen molar-refractivity contribution in [2.75, 3.05) is 40.0 Å². The van der Waals surface area contributed by atoms with Gasteiger partial charge < -0.3 is 15.2 Å². The number of ether oxygens (including phenoxy) is 2. The minimum Gasteiger partial charge on any atom is -0.475 e. The monoisotopic (exact) mass is 370 g/mol. The molecule has 0 spiro atoms. The van der Waals surface area contributed by atoms with Gasteiger partial charge in [-0.15, -0.1) is 4.37 Å². The second-order valence-electron chi connectivity index (χ2n) is 6.74. The molecule has 0 saturated carbocycles. The molecule has 3 N–H and O–H groups in total. The van der Waals surface area contributed by atoms with Crippen LogP contribution < -0.4 is 10.5 Å². The molecule has 1 aliphatic rings. The van der Waals surface area contributed by atoms with E-state index in [-0.39, 0.29) is 12.5 Å². The number of aromatic nitrogens is 2. The van der Waals surface area contributed by atoms with Gasteiger partial charge in [0.15, 0.2) is 6.54 Å². The third-order valence-corrected chi connectivity index (χ3v) is 4.86. The fourth-order valence-electron chi connectivity index (χ4n) is 2.86. The van der Waals surface area contributed by atoms with Gasteiger partial charge >= 0.3 is 5.97 Å². The van der Waals surface area contributed by atoms with Crippen LogP contribution in [0.3, 0.4) is 0 Å². The van der Waals surface area contributed by atoms with Crippen LogP contribution in [0.5, 0.6) is 5.88 Å². The molecule has 2 rings (SSSR count). The number of nitrogens with zero attached hydrogens (tertiary/aromatic N) is 3. The molecule has 0 saturated heterocycles. The number of hydrogen-bond acceptors (Lipinski definition) is 6. The summed E-state index contributed by atoms with van der Waals surface area (Å²) in [6.07, 6.45) is 7.78. The maximum atomic E-state index is 11.4. The van der Waals surface area contributed by atoms with Crippen LogP contribution in [0.1, 0.15) is 44.7 Å². The first-order valence-corrected chi connectivity index (χ1v) is 9.74. The van der Waals surface area contributed by atoms with Gasteiger partial charge in [-0.05, 0) is 6.42 Å². The number of quaternary nitrogens is 2. The predicted octanol–water partition coefficient (Wildman–Crippen LogP) is 1.47. The zero-order valence-corrected chi connectivity index (χ0v) is 16.1. The third-order valence-electron chi connectivity index (χ3n) is 4.35. The lowest BCUT2D eigenvalue weighted by Crippen LogP contribution is -2.56. The van der Waals surface area contributed by atoms with Gasteiger partial charge in [0, 0.05) is 12.0 Å². The molecule has 1 aromatic heterocycles. The Kier molecular flexibility index (Phi) is 7.80. The summed E-state index contributed by atoms with van der Waals surface area (Å²) in [6, 6.07) is 0. The largest absolute Gasteiger partial charge is 0.475 e. The number of unbranched alkanes of at least 4 members (excludes halogenated alkanes) is 3. The van der Waals surface area contributed by atoms with Crippen molar-refractivity contribution in [3.05, 3.63) is 11.8 Å². The van der Waals surface area contributed by atoms with Gasteiger partial charge in [0.1, 0.15) is 12.2 Å². The molecular formula is C17H30N4O3S+2. The minimum atomic E-state index is -0.262. The van der Waals surface area contributed by atoms with E-state index >= 15 is 0 Å². The Morgan fingerprint density at radius 1 is 1.36 bits per heavy atom. The molecule has 0 aromatic carbocycles. The number of likely N-dealkylation sites (N-methyl/N-ethyl adjacent to an activating group) is 1. The van der Waals surface area contributed by atoms with Crippen LogP contribution in [-0.2, 0) is 9.53 Å². The van der Waals surface area contributed by atoms with E-state index in [1.54, 1.807) is 0 Å². The molecule has 7 nitrogen and oxygen atoms in total.